The number of rotatable bonds is 5. The number of likely N-dealkylation sites (N-methyl/N-ethyl adjacent to an activating group) is 2. The molecule has 2 aliphatic rings. The van der Waals surface area contributed by atoms with Crippen LogP contribution in [-0.4, -0.2) is 71.9 Å². The van der Waals surface area contributed by atoms with Crippen LogP contribution in [0.25, 0.3) is 0 Å². The maximum atomic E-state index is 12.3. The highest BCUT2D eigenvalue weighted by Gasteiger charge is 2.43. The zero-order chi connectivity index (χ0) is 18.1. The SMILES string of the molecule is Cc1ccccc1COC1CN(C(=O)C[C@@H]2C(=O)N(C)C(=O)N2C)C1. The lowest BCUT2D eigenvalue weighted by Crippen LogP contribution is -2.55. The third-order valence-corrected chi connectivity index (χ3v) is 4.98. The van der Waals surface area contributed by atoms with Crippen molar-refractivity contribution in [3.63, 3.8) is 0 Å². The summed E-state index contributed by atoms with van der Waals surface area (Å²) in [5.41, 5.74) is 2.33. The summed E-state index contributed by atoms with van der Waals surface area (Å²) >= 11 is 0. The maximum Gasteiger partial charge on any atom is 0.326 e. The van der Waals surface area contributed by atoms with E-state index in [1.807, 2.05) is 31.2 Å². The van der Waals surface area contributed by atoms with Crippen LogP contribution < -0.4 is 0 Å². The van der Waals surface area contributed by atoms with E-state index in [2.05, 4.69) is 0 Å². The molecule has 0 aliphatic carbocycles. The third-order valence-electron chi connectivity index (χ3n) is 4.98. The first-order valence-electron chi connectivity index (χ1n) is 8.36. The number of likely N-dealkylation sites (tertiary alicyclic amines) is 1. The van der Waals surface area contributed by atoms with Gasteiger partial charge < -0.3 is 14.5 Å². The monoisotopic (exact) mass is 345 g/mol. The van der Waals surface area contributed by atoms with E-state index in [1.54, 1.807) is 11.9 Å². The quantitative estimate of drug-likeness (QED) is 0.747. The van der Waals surface area contributed by atoms with Gasteiger partial charge in [-0.05, 0) is 18.1 Å². The van der Waals surface area contributed by atoms with Crippen molar-refractivity contribution in [2.45, 2.75) is 32.1 Å². The average Bonchev–Trinajstić information content (AvgIpc) is 2.73. The minimum absolute atomic E-state index is 0.0184. The molecule has 0 aromatic heterocycles. The molecule has 25 heavy (non-hydrogen) atoms. The Morgan fingerprint density at radius 3 is 2.48 bits per heavy atom. The second-order valence-corrected chi connectivity index (χ2v) is 6.67. The first kappa shape index (κ1) is 17.4. The number of carbonyl (C=O) groups is 3. The first-order valence-corrected chi connectivity index (χ1v) is 8.36. The van der Waals surface area contributed by atoms with Crippen molar-refractivity contribution in [2.75, 3.05) is 27.2 Å². The molecule has 4 amide bonds. The van der Waals surface area contributed by atoms with Crippen molar-refractivity contribution in [1.29, 1.82) is 0 Å². The molecule has 0 bridgehead atoms. The molecular weight excluding hydrogens is 322 g/mol. The second kappa shape index (κ2) is 6.84. The minimum Gasteiger partial charge on any atom is -0.370 e. The Kier molecular flexibility index (Phi) is 4.76. The molecule has 2 aliphatic heterocycles. The number of ether oxygens (including phenoxy) is 1. The van der Waals surface area contributed by atoms with Crippen LogP contribution in [0.1, 0.15) is 17.5 Å². The number of nitrogens with zero attached hydrogens (tertiary/aromatic N) is 3. The van der Waals surface area contributed by atoms with E-state index in [4.69, 9.17) is 4.74 Å². The Morgan fingerprint density at radius 2 is 1.88 bits per heavy atom. The van der Waals surface area contributed by atoms with Crippen molar-refractivity contribution in [2.24, 2.45) is 0 Å². The molecule has 0 radical (unpaired) electrons. The summed E-state index contributed by atoms with van der Waals surface area (Å²) in [6.45, 7) is 3.63. The van der Waals surface area contributed by atoms with Crippen LogP contribution in [0.15, 0.2) is 24.3 Å². The summed E-state index contributed by atoms with van der Waals surface area (Å²) in [7, 11) is 2.98. The minimum atomic E-state index is -0.697. The lowest BCUT2D eigenvalue weighted by molar-refractivity contribution is -0.148. The number of imide groups is 1. The van der Waals surface area contributed by atoms with Crippen LogP contribution in [0.4, 0.5) is 4.79 Å². The summed E-state index contributed by atoms with van der Waals surface area (Å²) in [5.74, 6) is -0.447. The first-order chi connectivity index (χ1) is 11.9. The van der Waals surface area contributed by atoms with Crippen molar-refractivity contribution in [3.8, 4) is 0 Å². The standard InChI is InChI=1S/C18H23N3O4/c1-12-6-4-5-7-13(12)11-25-14-9-21(10-14)16(22)8-15-17(23)20(3)18(24)19(15)2/h4-7,14-15H,8-11H2,1-3H3/t15-/m1/s1. The zero-order valence-electron chi connectivity index (χ0n) is 14.8. The predicted molar refractivity (Wildman–Crippen MR) is 90.7 cm³/mol. The lowest BCUT2D eigenvalue weighted by Gasteiger charge is -2.39. The van der Waals surface area contributed by atoms with Gasteiger partial charge in [-0.2, -0.15) is 0 Å². The summed E-state index contributed by atoms with van der Waals surface area (Å²) < 4.78 is 5.84. The van der Waals surface area contributed by atoms with E-state index >= 15 is 0 Å². The summed E-state index contributed by atoms with van der Waals surface area (Å²) in [4.78, 5) is 40.1. The number of amides is 4. The van der Waals surface area contributed by atoms with E-state index in [9.17, 15) is 14.4 Å². The van der Waals surface area contributed by atoms with Gasteiger partial charge in [0.05, 0.1) is 19.1 Å². The fourth-order valence-electron chi connectivity index (χ4n) is 3.10. The molecule has 0 spiro atoms. The van der Waals surface area contributed by atoms with Gasteiger partial charge in [0.15, 0.2) is 0 Å². The summed E-state index contributed by atoms with van der Waals surface area (Å²) in [6.07, 6.45) is 0.0421. The highest BCUT2D eigenvalue weighted by Crippen LogP contribution is 2.21. The Bertz CT molecular complexity index is 699. The summed E-state index contributed by atoms with van der Waals surface area (Å²) in [6, 6.07) is 6.99. The van der Waals surface area contributed by atoms with Gasteiger partial charge in [-0.15, -0.1) is 0 Å². The van der Waals surface area contributed by atoms with Crippen LogP contribution in [0.2, 0.25) is 0 Å². The maximum absolute atomic E-state index is 12.3. The van der Waals surface area contributed by atoms with Crippen LogP contribution in [0, 0.1) is 6.92 Å². The van der Waals surface area contributed by atoms with E-state index in [-0.39, 0.29) is 30.4 Å². The molecule has 7 nitrogen and oxygen atoms in total. The fraction of sp³-hybridized carbons (Fsp3) is 0.500. The van der Waals surface area contributed by atoms with Crippen molar-refractivity contribution >= 4 is 17.8 Å². The van der Waals surface area contributed by atoms with E-state index in [0.29, 0.717) is 19.7 Å². The molecule has 3 rings (SSSR count). The molecule has 7 heteroatoms. The second-order valence-electron chi connectivity index (χ2n) is 6.67. The number of aryl methyl sites for hydroxylation is 1. The molecule has 1 aromatic carbocycles. The van der Waals surface area contributed by atoms with Crippen LogP contribution in [-0.2, 0) is 20.9 Å². The number of hydrogen-bond acceptors (Lipinski definition) is 4. The van der Waals surface area contributed by atoms with Crippen molar-refractivity contribution < 1.29 is 19.1 Å². The highest BCUT2D eigenvalue weighted by atomic mass is 16.5. The number of hydrogen-bond donors (Lipinski definition) is 0. The Hall–Kier alpha value is -2.41. The van der Waals surface area contributed by atoms with E-state index < -0.39 is 6.04 Å². The number of benzene rings is 1. The highest BCUT2D eigenvalue weighted by molar-refractivity contribution is 6.05. The molecule has 0 unspecified atom stereocenters. The largest absolute Gasteiger partial charge is 0.370 e. The van der Waals surface area contributed by atoms with Gasteiger partial charge in [0, 0.05) is 27.2 Å². The molecule has 0 saturated carbocycles. The molecule has 134 valence electrons. The van der Waals surface area contributed by atoms with Gasteiger partial charge in [0.25, 0.3) is 5.91 Å². The normalized spacial score (nSPS) is 21.1. The fourth-order valence-corrected chi connectivity index (χ4v) is 3.10. The van der Waals surface area contributed by atoms with Gasteiger partial charge in [-0.1, -0.05) is 24.3 Å². The zero-order valence-corrected chi connectivity index (χ0v) is 14.8. The molecule has 2 saturated heterocycles. The Labute approximate surface area is 147 Å². The van der Waals surface area contributed by atoms with E-state index in [0.717, 1.165) is 10.5 Å². The molecule has 2 fully saturated rings. The van der Waals surface area contributed by atoms with Gasteiger partial charge in [0.2, 0.25) is 5.91 Å². The molecule has 1 atom stereocenters. The molecule has 2 heterocycles. The van der Waals surface area contributed by atoms with Crippen molar-refractivity contribution in [3.05, 3.63) is 35.4 Å². The summed E-state index contributed by atoms with van der Waals surface area (Å²) in [5, 5.41) is 0. The Balaban J connectivity index is 1.45. The smallest absolute Gasteiger partial charge is 0.326 e. The molecular formula is C18H23N3O4. The van der Waals surface area contributed by atoms with Crippen LogP contribution in [0.5, 0.6) is 0 Å². The van der Waals surface area contributed by atoms with Crippen LogP contribution >= 0.6 is 0 Å². The lowest BCUT2D eigenvalue weighted by atomic mass is 10.1. The van der Waals surface area contributed by atoms with Gasteiger partial charge in [-0.3, -0.25) is 14.5 Å². The molecule has 1 aromatic rings. The van der Waals surface area contributed by atoms with Gasteiger partial charge in [-0.25, -0.2) is 4.79 Å². The number of carbonyl (C=O) groups excluding carboxylic acids is 3. The van der Waals surface area contributed by atoms with Crippen molar-refractivity contribution in [1.82, 2.24) is 14.7 Å². The topological polar surface area (TPSA) is 70.2 Å². The predicted octanol–water partition coefficient (Wildman–Crippen LogP) is 1.00. The van der Waals surface area contributed by atoms with Crippen LogP contribution in [0.3, 0.4) is 0 Å². The Morgan fingerprint density at radius 1 is 1.20 bits per heavy atom. The van der Waals surface area contributed by atoms with Gasteiger partial charge in [0.1, 0.15) is 6.04 Å². The molecule has 0 N–H and O–H groups in total. The number of urea groups is 1. The third kappa shape index (κ3) is 3.37. The van der Waals surface area contributed by atoms with E-state index in [1.165, 1.54) is 17.5 Å². The average molecular weight is 345 g/mol. The van der Waals surface area contributed by atoms with Gasteiger partial charge >= 0.3 is 6.03 Å².